The number of nitrogens with two attached hydrogens (primary N) is 1. The summed E-state index contributed by atoms with van der Waals surface area (Å²) in [7, 11) is 0. The number of rotatable bonds is 2. The fourth-order valence-corrected chi connectivity index (χ4v) is 4.02. The van der Waals surface area contributed by atoms with Gasteiger partial charge in [-0.25, -0.2) is 0 Å². The van der Waals surface area contributed by atoms with Crippen molar-refractivity contribution < 1.29 is 4.79 Å². The molecule has 2 saturated carbocycles. The highest BCUT2D eigenvalue weighted by Crippen LogP contribution is 2.49. The van der Waals surface area contributed by atoms with Gasteiger partial charge in [0.15, 0.2) is 0 Å². The van der Waals surface area contributed by atoms with Crippen LogP contribution in [0, 0.1) is 17.8 Å². The predicted molar refractivity (Wildman–Crippen MR) is 66.4 cm³/mol. The molecule has 1 saturated heterocycles. The van der Waals surface area contributed by atoms with Gasteiger partial charge in [-0.15, -0.1) is 0 Å². The van der Waals surface area contributed by atoms with Crippen LogP contribution in [0.15, 0.2) is 0 Å². The van der Waals surface area contributed by atoms with E-state index < -0.39 is 0 Å². The monoisotopic (exact) mass is 237 g/mol. The van der Waals surface area contributed by atoms with Crippen molar-refractivity contribution in [3.63, 3.8) is 0 Å². The molecule has 3 aliphatic rings. The third-order valence-electron chi connectivity index (χ3n) is 4.96. The molecule has 17 heavy (non-hydrogen) atoms. The predicted octanol–water partition coefficient (Wildman–Crippen LogP) is 0.182. The second-order valence-corrected chi connectivity index (χ2v) is 5.91. The zero-order valence-corrected chi connectivity index (χ0v) is 10.4. The first-order chi connectivity index (χ1) is 8.29. The minimum atomic E-state index is 0.218. The highest BCUT2D eigenvalue weighted by molar-refractivity contribution is 5.80. The molecule has 2 bridgehead atoms. The van der Waals surface area contributed by atoms with Gasteiger partial charge in [0.1, 0.15) is 0 Å². The van der Waals surface area contributed by atoms with Crippen molar-refractivity contribution in [2.24, 2.45) is 23.5 Å². The fraction of sp³-hybridized carbons (Fsp3) is 0.923. The largest absolute Gasteiger partial charge is 0.336 e. The Morgan fingerprint density at radius 1 is 1.35 bits per heavy atom. The van der Waals surface area contributed by atoms with Gasteiger partial charge in [-0.1, -0.05) is 6.42 Å². The molecule has 2 aliphatic carbocycles. The minimum absolute atomic E-state index is 0.218. The van der Waals surface area contributed by atoms with Crippen LogP contribution in [0.5, 0.6) is 0 Å². The van der Waals surface area contributed by atoms with E-state index in [1.807, 2.05) is 0 Å². The summed E-state index contributed by atoms with van der Waals surface area (Å²) in [5.74, 6) is 2.24. The molecular weight excluding hydrogens is 214 g/mol. The normalized spacial score (nSPS) is 40.9. The van der Waals surface area contributed by atoms with Gasteiger partial charge in [0.2, 0.25) is 5.91 Å². The molecule has 0 aromatic heterocycles. The van der Waals surface area contributed by atoms with Gasteiger partial charge in [-0.05, 0) is 31.1 Å². The van der Waals surface area contributed by atoms with Crippen molar-refractivity contribution in [3.8, 4) is 0 Å². The Kier molecular flexibility index (Phi) is 3.09. The van der Waals surface area contributed by atoms with Crippen LogP contribution in [-0.4, -0.2) is 43.0 Å². The Labute approximate surface area is 103 Å². The van der Waals surface area contributed by atoms with Crippen molar-refractivity contribution in [1.29, 1.82) is 0 Å². The van der Waals surface area contributed by atoms with Crippen molar-refractivity contribution in [2.75, 3.05) is 26.2 Å². The maximum Gasteiger partial charge on any atom is 0.226 e. The lowest BCUT2D eigenvalue weighted by Crippen LogP contribution is -2.58. The molecule has 4 heteroatoms. The van der Waals surface area contributed by atoms with Gasteiger partial charge in [0.25, 0.3) is 0 Å². The third kappa shape index (κ3) is 1.97. The summed E-state index contributed by atoms with van der Waals surface area (Å²) in [5.41, 5.74) is 5.77. The molecule has 4 nitrogen and oxygen atoms in total. The number of carbonyl (C=O) groups is 1. The maximum absolute atomic E-state index is 12.6. The number of amides is 1. The second kappa shape index (κ2) is 4.58. The van der Waals surface area contributed by atoms with Gasteiger partial charge in [0, 0.05) is 32.1 Å². The number of nitrogens with zero attached hydrogens (tertiary/aromatic N) is 1. The molecule has 0 spiro atoms. The molecular formula is C13H23N3O. The third-order valence-corrected chi connectivity index (χ3v) is 4.96. The first kappa shape index (κ1) is 11.5. The molecule has 3 fully saturated rings. The number of piperazine rings is 1. The number of carbonyl (C=O) groups excluding carboxylic acids is 1. The maximum atomic E-state index is 12.6. The van der Waals surface area contributed by atoms with E-state index in [2.05, 4.69) is 10.2 Å². The van der Waals surface area contributed by atoms with Crippen LogP contribution in [0.25, 0.3) is 0 Å². The summed E-state index contributed by atoms with van der Waals surface area (Å²) in [6.45, 7) is 3.21. The van der Waals surface area contributed by atoms with Gasteiger partial charge < -0.3 is 16.0 Å². The SMILES string of the molecule is NCC1CNCCN1C(=O)C1CC2CCC1C2. The van der Waals surface area contributed by atoms with Crippen LogP contribution in [0.3, 0.4) is 0 Å². The van der Waals surface area contributed by atoms with Crippen LogP contribution < -0.4 is 11.1 Å². The lowest BCUT2D eigenvalue weighted by Gasteiger charge is -2.38. The molecule has 1 amide bonds. The Morgan fingerprint density at radius 3 is 2.88 bits per heavy atom. The van der Waals surface area contributed by atoms with Gasteiger partial charge >= 0.3 is 0 Å². The lowest BCUT2D eigenvalue weighted by atomic mass is 9.87. The average Bonchev–Trinajstić information content (AvgIpc) is 3.00. The van der Waals surface area contributed by atoms with Crippen molar-refractivity contribution >= 4 is 5.91 Å². The van der Waals surface area contributed by atoms with Crippen LogP contribution in [0.1, 0.15) is 25.7 Å². The Hall–Kier alpha value is -0.610. The first-order valence-electron chi connectivity index (χ1n) is 7.01. The topological polar surface area (TPSA) is 58.4 Å². The molecule has 0 aromatic rings. The van der Waals surface area contributed by atoms with E-state index >= 15 is 0 Å². The molecule has 1 aliphatic heterocycles. The smallest absolute Gasteiger partial charge is 0.226 e. The molecule has 0 radical (unpaired) electrons. The molecule has 1 heterocycles. The van der Waals surface area contributed by atoms with Crippen molar-refractivity contribution in [1.82, 2.24) is 10.2 Å². The summed E-state index contributed by atoms with van der Waals surface area (Å²) in [4.78, 5) is 14.7. The van der Waals surface area contributed by atoms with E-state index in [-0.39, 0.29) is 6.04 Å². The number of hydrogen-bond acceptors (Lipinski definition) is 3. The van der Waals surface area contributed by atoms with Crippen LogP contribution in [0.2, 0.25) is 0 Å². The summed E-state index contributed by atoms with van der Waals surface area (Å²) in [6, 6.07) is 0.218. The number of hydrogen-bond donors (Lipinski definition) is 2. The van der Waals surface area contributed by atoms with Crippen LogP contribution in [0.4, 0.5) is 0 Å². The summed E-state index contributed by atoms with van der Waals surface area (Å²) in [5, 5.41) is 3.32. The van der Waals surface area contributed by atoms with E-state index in [1.54, 1.807) is 0 Å². The van der Waals surface area contributed by atoms with E-state index in [0.29, 0.717) is 24.3 Å². The average molecular weight is 237 g/mol. The molecule has 3 rings (SSSR count). The highest BCUT2D eigenvalue weighted by Gasteiger charge is 2.45. The molecule has 4 atom stereocenters. The van der Waals surface area contributed by atoms with Gasteiger partial charge in [0.05, 0.1) is 6.04 Å². The molecule has 96 valence electrons. The standard InChI is InChI=1S/C13H23N3O/c14-7-11-8-15-3-4-16(11)13(17)12-6-9-1-2-10(12)5-9/h9-12,15H,1-8,14H2. The Balaban J connectivity index is 1.68. The zero-order valence-electron chi connectivity index (χ0n) is 10.4. The van der Waals surface area contributed by atoms with E-state index in [4.69, 9.17) is 5.73 Å². The van der Waals surface area contributed by atoms with Crippen molar-refractivity contribution in [3.05, 3.63) is 0 Å². The van der Waals surface area contributed by atoms with Crippen LogP contribution in [-0.2, 0) is 4.79 Å². The minimum Gasteiger partial charge on any atom is -0.336 e. The Bertz CT molecular complexity index is 307. The number of nitrogens with one attached hydrogen (secondary N) is 1. The van der Waals surface area contributed by atoms with E-state index in [9.17, 15) is 4.79 Å². The van der Waals surface area contributed by atoms with Gasteiger partial charge in [-0.3, -0.25) is 4.79 Å². The quantitative estimate of drug-likeness (QED) is 0.720. The fourth-order valence-electron chi connectivity index (χ4n) is 4.02. The summed E-state index contributed by atoms with van der Waals surface area (Å²) in [6.07, 6.45) is 5.08. The molecule has 4 unspecified atom stereocenters. The van der Waals surface area contributed by atoms with E-state index in [1.165, 1.54) is 19.3 Å². The second-order valence-electron chi connectivity index (χ2n) is 5.91. The van der Waals surface area contributed by atoms with Crippen LogP contribution >= 0.6 is 0 Å². The summed E-state index contributed by atoms with van der Waals surface area (Å²) < 4.78 is 0. The van der Waals surface area contributed by atoms with Gasteiger partial charge in [-0.2, -0.15) is 0 Å². The molecule has 0 aromatic carbocycles. The van der Waals surface area contributed by atoms with E-state index in [0.717, 1.165) is 32.0 Å². The Morgan fingerprint density at radius 2 is 2.24 bits per heavy atom. The zero-order chi connectivity index (χ0) is 11.8. The number of fused-ring (bicyclic) bond motifs is 2. The lowest BCUT2D eigenvalue weighted by molar-refractivity contribution is -0.140. The highest BCUT2D eigenvalue weighted by atomic mass is 16.2. The van der Waals surface area contributed by atoms with Crippen molar-refractivity contribution in [2.45, 2.75) is 31.7 Å². The summed E-state index contributed by atoms with van der Waals surface area (Å²) >= 11 is 0. The molecule has 3 N–H and O–H groups in total. The first-order valence-corrected chi connectivity index (χ1v) is 7.01.